The lowest BCUT2D eigenvalue weighted by Gasteiger charge is -2.33. The van der Waals surface area contributed by atoms with Gasteiger partial charge in [0.1, 0.15) is 11.6 Å². The van der Waals surface area contributed by atoms with Crippen LogP contribution in [-0.2, 0) is 4.74 Å². The summed E-state index contributed by atoms with van der Waals surface area (Å²) in [6, 6.07) is 10.5. The van der Waals surface area contributed by atoms with Gasteiger partial charge in [-0.3, -0.25) is 0 Å². The van der Waals surface area contributed by atoms with Gasteiger partial charge in [-0.15, -0.1) is 0 Å². The van der Waals surface area contributed by atoms with Crippen molar-refractivity contribution in [1.29, 1.82) is 0 Å². The molecule has 2 amide bonds. The lowest BCUT2D eigenvalue weighted by Crippen LogP contribution is -2.39. The molecule has 1 aromatic carbocycles. The molecule has 3 aliphatic rings. The quantitative estimate of drug-likeness (QED) is 0.578. The number of likely N-dealkylation sites (tertiary alicyclic amines) is 1. The molecule has 188 valence electrons. The summed E-state index contributed by atoms with van der Waals surface area (Å²) in [5.74, 6) is 2.34. The van der Waals surface area contributed by atoms with E-state index in [4.69, 9.17) is 9.72 Å². The molecule has 2 aliphatic heterocycles. The van der Waals surface area contributed by atoms with Crippen LogP contribution in [0.25, 0.3) is 11.1 Å². The fourth-order valence-electron chi connectivity index (χ4n) is 5.18. The molecule has 8 heteroatoms. The largest absolute Gasteiger partial charge is 0.393 e. The molecule has 2 saturated heterocycles. The van der Waals surface area contributed by atoms with Crippen LogP contribution in [0, 0.1) is 12.8 Å². The minimum atomic E-state index is -0.222. The van der Waals surface area contributed by atoms with Gasteiger partial charge in [0.2, 0.25) is 0 Å². The summed E-state index contributed by atoms with van der Waals surface area (Å²) >= 11 is 0. The van der Waals surface area contributed by atoms with Gasteiger partial charge in [0.25, 0.3) is 0 Å². The first-order chi connectivity index (χ1) is 17.0. The summed E-state index contributed by atoms with van der Waals surface area (Å²) in [7, 11) is 0. The van der Waals surface area contributed by atoms with Crippen molar-refractivity contribution in [3.8, 4) is 11.1 Å². The standard InChI is InChI=1S/C27H37N5O3/c1-3-19-6-7-32(17-19)27(34)29-21-5-4-18(2)24(16-21)20-12-25(28-22-14-23(33)15-22)30-26(13-20)31-8-10-35-11-9-31/h4-5,12-13,16,19,22-23,33H,3,6-11,14-15,17H2,1-2H3,(H,28,30)(H,29,34)/t19-,22?,23?/m1/s1. The number of carbonyl (C=O) groups excluding carboxylic acids is 1. The zero-order valence-corrected chi connectivity index (χ0v) is 20.8. The van der Waals surface area contributed by atoms with Crippen LogP contribution in [0.3, 0.4) is 0 Å². The molecular weight excluding hydrogens is 442 g/mol. The predicted octanol–water partition coefficient (Wildman–Crippen LogP) is 4.09. The Bertz CT molecular complexity index is 1050. The second-order valence-electron chi connectivity index (χ2n) is 10.1. The molecule has 3 heterocycles. The second kappa shape index (κ2) is 10.4. The van der Waals surface area contributed by atoms with Crippen LogP contribution in [0.15, 0.2) is 30.3 Å². The number of morpholine rings is 1. The Morgan fingerprint density at radius 1 is 1.17 bits per heavy atom. The third kappa shape index (κ3) is 5.54. The van der Waals surface area contributed by atoms with Crippen molar-refractivity contribution < 1.29 is 14.6 Å². The van der Waals surface area contributed by atoms with Gasteiger partial charge in [0.05, 0.1) is 19.3 Å². The summed E-state index contributed by atoms with van der Waals surface area (Å²) < 4.78 is 5.54. The number of benzene rings is 1. The minimum absolute atomic E-state index is 0.0228. The van der Waals surface area contributed by atoms with E-state index in [9.17, 15) is 9.90 Å². The van der Waals surface area contributed by atoms with E-state index in [0.29, 0.717) is 19.1 Å². The number of aryl methyl sites for hydroxylation is 1. The molecule has 8 nitrogen and oxygen atoms in total. The zero-order valence-electron chi connectivity index (χ0n) is 20.8. The Morgan fingerprint density at radius 2 is 1.97 bits per heavy atom. The number of pyridine rings is 1. The van der Waals surface area contributed by atoms with Crippen molar-refractivity contribution in [2.75, 3.05) is 54.9 Å². The normalized spacial score (nSPS) is 24.3. The number of ether oxygens (including phenoxy) is 1. The van der Waals surface area contributed by atoms with E-state index < -0.39 is 0 Å². The number of hydrogen-bond acceptors (Lipinski definition) is 6. The molecule has 1 aromatic heterocycles. The zero-order chi connectivity index (χ0) is 24.4. The van der Waals surface area contributed by atoms with Crippen molar-refractivity contribution in [3.05, 3.63) is 35.9 Å². The van der Waals surface area contributed by atoms with E-state index >= 15 is 0 Å². The van der Waals surface area contributed by atoms with E-state index in [1.165, 1.54) is 0 Å². The van der Waals surface area contributed by atoms with E-state index in [1.807, 2.05) is 11.0 Å². The van der Waals surface area contributed by atoms with E-state index in [0.717, 1.165) is 85.9 Å². The second-order valence-corrected chi connectivity index (χ2v) is 10.1. The maximum absolute atomic E-state index is 12.9. The van der Waals surface area contributed by atoms with E-state index in [1.54, 1.807) is 0 Å². The molecule has 3 fully saturated rings. The van der Waals surface area contributed by atoms with E-state index in [-0.39, 0.29) is 18.2 Å². The fourth-order valence-corrected chi connectivity index (χ4v) is 5.18. The van der Waals surface area contributed by atoms with Crippen LogP contribution in [0.1, 0.15) is 38.2 Å². The highest BCUT2D eigenvalue weighted by Crippen LogP contribution is 2.33. The number of rotatable bonds is 6. The van der Waals surface area contributed by atoms with Gasteiger partial charge in [-0.1, -0.05) is 19.4 Å². The summed E-state index contributed by atoms with van der Waals surface area (Å²) in [5, 5.41) is 16.3. The minimum Gasteiger partial charge on any atom is -0.393 e. The number of carbonyl (C=O) groups is 1. The molecule has 35 heavy (non-hydrogen) atoms. The van der Waals surface area contributed by atoms with Crippen molar-refractivity contribution in [2.24, 2.45) is 5.92 Å². The van der Waals surface area contributed by atoms with Gasteiger partial charge >= 0.3 is 6.03 Å². The number of aromatic nitrogens is 1. The first-order valence-corrected chi connectivity index (χ1v) is 12.9. The number of amides is 2. The monoisotopic (exact) mass is 479 g/mol. The smallest absolute Gasteiger partial charge is 0.321 e. The Labute approximate surface area is 207 Å². The molecular formula is C27H37N5O3. The summed E-state index contributed by atoms with van der Waals surface area (Å²) in [4.78, 5) is 21.9. The molecule has 5 rings (SSSR count). The van der Waals surface area contributed by atoms with Crippen molar-refractivity contribution in [2.45, 2.75) is 51.7 Å². The van der Waals surface area contributed by atoms with Gasteiger partial charge in [-0.25, -0.2) is 9.78 Å². The van der Waals surface area contributed by atoms with Crippen LogP contribution in [0.2, 0.25) is 0 Å². The summed E-state index contributed by atoms with van der Waals surface area (Å²) in [6.45, 7) is 8.94. The molecule has 0 unspecified atom stereocenters. The third-order valence-corrected chi connectivity index (χ3v) is 7.56. The first kappa shape index (κ1) is 23.9. The number of nitrogens with one attached hydrogen (secondary N) is 2. The highest BCUT2D eigenvalue weighted by Gasteiger charge is 2.28. The van der Waals surface area contributed by atoms with Crippen LogP contribution in [-0.4, -0.2) is 72.6 Å². The lowest BCUT2D eigenvalue weighted by atomic mass is 9.89. The average molecular weight is 480 g/mol. The van der Waals surface area contributed by atoms with Crippen molar-refractivity contribution in [1.82, 2.24) is 9.88 Å². The maximum Gasteiger partial charge on any atom is 0.321 e. The Balaban J connectivity index is 1.40. The first-order valence-electron chi connectivity index (χ1n) is 12.9. The average Bonchev–Trinajstić information content (AvgIpc) is 3.34. The topological polar surface area (TPSA) is 90.0 Å². The van der Waals surface area contributed by atoms with Crippen LogP contribution >= 0.6 is 0 Å². The SMILES string of the molecule is CC[C@@H]1CCN(C(=O)Nc2ccc(C)c(-c3cc(NC4CC(O)C4)nc(N4CCOCC4)c3)c2)C1. The third-order valence-electron chi connectivity index (χ3n) is 7.56. The number of hydrogen-bond donors (Lipinski definition) is 3. The van der Waals surface area contributed by atoms with Crippen LogP contribution in [0.4, 0.5) is 22.1 Å². The molecule has 0 bridgehead atoms. The lowest BCUT2D eigenvalue weighted by molar-refractivity contribution is 0.0835. The molecule has 2 aromatic rings. The van der Waals surface area contributed by atoms with Gasteiger partial charge in [-0.2, -0.15) is 0 Å². The predicted molar refractivity (Wildman–Crippen MR) is 139 cm³/mol. The van der Waals surface area contributed by atoms with Gasteiger partial charge in [-0.05, 0) is 73.1 Å². The number of aliphatic hydroxyl groups excluding tert-OH is 1. The molecule has 1 aliphatic carbocycles. The number of aliphatic hydroxyl groups is 1. The molecule has 0 radical (unpaired) electrons. The Hall–Kier alpha value is -2.84. The molecule has 1 saturated carbocycles. The van der Waals surface area contributed by atoms with Crippen molar-refractivity contribution in [3.63, 3.8) is 0 Å². The number of anilines is 3. The van der Waals surface area contributed by atoms with Crippen LogP contribution in [0.5, 0.6) is 0 Å². The van der Waals surface area contributed by atoms with Crippen LogP contribution < -0.4 is 15.5 Å². The summed E-state index contributed by atoms with van der Waals surface area (Å²) in [6.07, 6.45) is 3.46. The fraction of sp³-hybridized carbons (Fsp3) is 0.556. The summed E-state index contributed by atoms with van der Waals surface area (Å²) in [5.41, 5.74) is 4.07. The van der Waals surface area contributed by atoms with Gasteiger partial charge in [0.15, 0.2) is 0 Å². The number of nitrogens with zero attached hydrogens (tertiary/aromatic N) is 3. The van der Waals surface area contributed by atoms with Crippen molar-refractivity contribution >= 4 is 23.4 Å². The Kier molecular flexibility index (Phi) is 7.11. The Morgan fingerprint density at radius 3 is 2.69 bits per heavy atom. The maximum atomic E-state index is 12.9. The highest BCUT2D eigenvalue weighted by molar-refractivity contribution is 5.91. The highest BCUT2D eigenvalue weighted by atomic mass is 16.5. The van der Waals surface area contributed by atoms with E-state index in [2.05, 4.69) is 53.6 Å². The van der Waals surface area contributed by atoms with Gasteiger partial charge < -0.3 is 30.3 Å². The molecule has 0 spiro atoms. The molecule has 3 N–H and O–H groups in total. The van der Waals surface area contributed by atoms with Gasteiger partial charge in [0, 0.05) is 37.9 Å². The molecule has 1 atom stereocenters. The number of urea groups is 1.